The van der Waals surface area contributed by atoms with E-state index >= 15 is 0 Å². The van der Waals surface area contributed by atoms with Crippen LogP contribution in [-0.4, -0.2) is 58.8 Å². The number of hydrogen-bond donors (Lipinski definition) is 1. The normalized spacial score (nSPS) is 18.0. The smallest absolute Gasteiger partial charge is 0.170 e. The number of methoxy groups -OCH3 is 1. The molecule has 1 saturated heterocycles. The Labute approximate surface area is 212 Å². The maximum absolute atomic E-state index is 6.37. The van der Waals surface area contributed by atoms with Crippen LogP contribution in [0.1, 0.15) is 41.1 Å². The van der Waals surface area contributed by atoms with E-state index in [1.165, 1.54) is 5.56 Å². The van der Waals surface area contributed by atoms with Crippen LogP contribution >= 0.6 is 23.8 Å². The molecule has 3 heterocycles. The molecule has 2 atom stereocenters. The first-order chi connectivity index (χ1) is 16.3. The lowest BCUT2D eigenvalue weighted by Gasteiger charge is -2.28. The van der Waals surface area contributed by atoms with Crippen LogP contribution in [0, 0.1) is 13.8 Å². The Morgan fingerprint density at radius 3 is 2.65 bits per heavy atom. The number of halogens is 1. The fourth-order valence-electron chi connectivity index (χ4n) is 4.84. The Morgan fingerprint density at radius 1 is 1.18 bits per heavy atom. The van der Waals surface area contributed by atoms with Gasteiger partial charge in [0, 0.05) is 29.2 Å². The van der Waals surface area contributed by atoms with Crippen molar-refractivity contribution in [1.29, 1.82) is 0 Å². The molecule has 4 rings (SSSR count). The second-order valence-corrected chi connectivity index (χ2v) is 9.78. The molecule has 34 heavy (non-hydrogen) atoms. The van der Waals surface area contributed by atoms with Crippen LogP contribution in [0.25, 0.3) is 5.69 Å². The summed E-state index contributed by atoms with van der Waals surface area (Å²) in [6.07, 6.45) is 2.85. The highest BCUT2D eigenvalue weighted by molar-refractivity contribution is 7.80. The van der Waals surface area contributed by atoms with E-state index in [1.54, 1.807) is 7.11 Å². The van der Waals surface area contributed by atoms with Crippen molar-refractivity contribution in [3.8, 4) is 11.4 Å². The van der Waals surface area contributed by atoms with Gasteiger partial charge in [-0.2, -0.15) is 0 Å². The van der Waals surface area contributed by atoms with Gasteiger partial charge in [-0.15, -0.1) is 0 Å². The SMILES string of the molecule is COc1ccc(Cl)cc1-n1c(C)cc(C2C(c3ccccn3)NC(=S)N2CCCN(C)C)c1C. The predicted molar refractivity (Wildman–Crippen MR) is 142 cm³/mol. The van der Waals surface area contributed by atoms with E-state index in [0.717, 1.165) is 53.1 Å². The highest BCUT2D eigenvalue weighted by Crippen LogP contribution is 2.42. The number of aromatic nitrogens is 2. The summed E-state index contributed by atoms with van der Waals surface area (Å²) < 4.78 is 7.88. The molecule has 0 radical (unpaired) electrons. The number of hydrogen-bond acceptors (Lipinski definition) is 4. The standard InChI is InChI=1S/C26H32ClN5OS/c1-17-15-20(18(2)32(17)22-16-19(27)10-11-23(22)33-5)25-24(21-9-6-7-12-28-21)29-26(34)31(25)14-8-13-30(3)4/h6-7,9-12,15-16,24-25H,8,13-14H2,1-5H3,(H,29,34). The maximum atomic E-state index is 6.37. The Kier molecular flexibility index (Phi) is 7.45. The van der Waals surface area contributed by atoms with Gasteiger partial charge in [-0.3, -0.25) is 4.98 Å². The van der Waals surface area contributed by atoms with Crippen molar-refractivity contribution in [2.24, 2.45) is 0 Å². The van der Waals surface area contributed by atoms with Gasteiger partial charge in [0.2, 0.25) is 0 Å². The van der Waals surface area contributed by atoms with Gasteiger partial charge in [0.25, 0.3) is 0 Å². The van der Waals surface area contributed by atoms with Crippen molar-refractivity contribution in [3.63, 3.8) is 0 Å². The molecule has 3 aromatic rings. The zero-order chi connectivity index (χ0) is 24.4. The highest BCUT2D eigenvalue weighted by Gasteiger charge is 2.41. The third kappa shape index (κ3) is 4.78. The first-order valence-electron chi connectivity index (χ1n) is 11.5. The van der Waals surface area contributed by atoms with Gasteiger partial charge in [-0.1, -0.05) is 17.7 Å². The van der Waals surface area contributed by atoms with Crippen molar-refractivity contribution in [2.75, 3.05) is 34.3 Å². The quantitative estimate of drug-likeness (QED) is 0.438. The highest BCUT2D eigenvalue weighted by atomic mass is 35.5. The number of thiocarbonyl (C=S) groups is 1. The molecule has 0 spiro atoms. The first kappa shape index (κ1) is 24.5. The Morgan fingerprint density at radius 2 is 1.97 bits per heavy atom. The van der Waals surface area contributed by atoms with Crippen molar-refractivity contribution in [3.05, 3.63) is 76.3 Å². The summed E-state index contributed by atoms with van der Waals surface area (Å²) in [6, 6.07) is 14.0. The number of nitrogens with zero attached hydrogens (tertiary/aromatic N) is 4. The fraction of sp³-hybridized carbons (Fsp3) is 0.385. The summed E-state index contributed by atoms with van der Waals surface area (Å²) in [7, 11) is 5.88. The Balaban J connectivity index is 1.81. The number of ether oxygens (including phenoxy) is 1. The minimum atomic E-state index is -0.0386. The lowest BCUT2D eigenvalue weighted by atomic mass is 9.96. The van der Waals surface area contributed by atoms with Gasteiger partial charge in [0.1, 0.15) is 5.75 Å². The fourth-order valence-corrected chi connectivity index (χ4v) is 5.34. The molecular weight excluding hydrogens is 466 g/mol. The maximum Gasteiger partial charge on any atom is 0.170 e. The topological polar surface area (TPSA) is 45.6 Å². The van der Waals surface area contributed by atoms with E-state index in [0.29, 0.717) is 5.02 Å². The third-order valence-corrected chi connectivity index (χ3v) is 6.96. The molecular formula is C26H32ClN5OS. The number of rotatable bonds is 8. The van der Waals surface area contributed by atoms with Crippen molar-refractivity contribution in [1.82, 2.24) is 24.7 Å². The third-order valence-electron chi connectivity index (χ3n) is 6.37. The summed E-state index contributed by atoms with van der Waals surface area (Å²) >= 11 is 12.2. The number of benzene rings is 1. The second kappa shape index (κ2) is 10.3. The second-order valence-electron chi connectivity index (χ2n) is 8.95. The predicted octanol–water partition coefficient (Wildman–Crippen LogP) is 5.08. The number of aryl methyl sites for hydroxylation is 1. The van der Waals surface area contributed by atoms with Gasteiger partial charge in [-0.25, -0.2) is 0 Å². The molecule has 1 aromatic carbocycles. The van der Waals surface area contributed by atoms with E-state index in [9.17, 15) is 0 Å². The lowest BCUT2D eigenvalue weighted by Crippen LogP contribution is -2.32. The summed E-state index contributed by atoms with van der Waals surface area (Å²) in [4.78, 5) is 9.19. The summed E-state index contributed by atoms with van der Waals surface area (Å²) in [5, 5.41) is 5.00. The summed E-state index contributed by atoms with van der Waals surface area (Å²) in [5.74, 6) is 0.780. The van der Waals surface area contributed by atoms with Crippen molar-refractivity contribution < 1.29 is 4.74 Å². The zero-order valence-electron chi connectivity index (χ0n) is 20.4. The van der Waals surface area contributed by atoms with E-state index in [2.05, 4.69) is 64.7 Å². The zero-order valence-corrected chi connectivity index (χ0v) is 22.0. The summed E-state index contributed by atoms with van der Waals surface area (Å²) in [6.45, 7) is 6.13. The van der Waals surface area contributed by atoms with E-state index in [4.69, 9.17) is 28.6 Å². The summed E-state index contributed by atoms with van der Waals surface area (Å²) in [5.41, 5.74) is 5.37. The van der Waals surface area contributed by atoms with E-state index in [-0.39, 0.29) is 12.1 Å². The molecule has 2 aromatic heterocycles. The molecule has 0 amide bonds. The van der Waals surface area contributed by atoms with Gasteiger partial charge in [-0.05, 0) is 95.1 Å². The van der Waals surface area contributed by atoms with Crippen molar-refractivity contribution >= 4 is 28.9 Å². The van der Waals surface area contributed by atoms with Crippen LogP contribution in [0.4, 0.5) is 0 Å². The largest absolute Gasteiger partial charge is 0.495 e. The van der Waals surface area contributed by atoms with Gasteiger partial charge >= 0.3 is 0 Å². The van der Waals surface area contributed by atoms with Crippen LogP contribution in [0.5, 0.6) is 5.75 Å². The molecule has 1 N–H and O–H groups in total. The molecule has 2 unspecified atom stereocenters. The average molecular weight is 498 g/mol. The molecule has 8 heteroatoms. The number of nitrogens with one attached hydrogen (secondary N) is 1. The van der Waals surface area contributed by atoms with Crippen LogP contribution in [-0.2, 0) is 0 Å². The molecule has 0 saturated carbocycles. The molecule has 1 aliphatic rings. The Hall–Kier alpha value is -2.61. The van der Waals surface area contributed by atoms with Crippen LogP contribution in [0.2, 0.25) is 5.02 Å². The van der Waals surface area contributed by atoms with Crippen molar-refractivity contribution in [2.45, 2.75) is 32.4 Å². The molecule has 180 valence electrons. The number of pyridine rings is 1. The molecule has 0 bridgehead atoms. The van der Waals surface area contributed by atoms with Crippen LogP contribution < -0.4 is 10.1 Å². The molecule has 6 nitrogen and oxygen atoms in total. The van der Waals surface area contributed by atoms with E-state index in [1.807, 2.05) is 36.5 Å². The first-order valence-corrected chi connectivity index (χ1v) is 12.3. The molecule has 0 aliphatic carbocycles. The van der Waals surface area contributed by atoms with Gasteiger partial charge in [0.05, 0.1) is 30.6 Å². The minimum Gasteiger partial charge on any atom is -0.495 e. The van der Waals surface area contributed by atoms with Gasteiger partial charge in [0.15, 0.2) is 5.11 Å². The molecule has 1 aliphatic heterocycles. The van der Waals surface area contributed by atoms with Crippen LogP contribution in [0.3, 0.4) is 0 Å². The monoisotopic (exact) mass is 497 g/mol. The molecule has 1 fully saturated rings. The van der Waals surface area contributed by atoms with E-state index < -0.39 is 0 Å². The minimum absolute atomic E-state index is 0.0229. The Bertz CT molecular complexity index is 1160. The lowest BCUT2D eigenvalue weighted by molar-refractivity contribution is 0.292. The average Bonchev–Trinajstić information content (AvgIpc) is 3.29. The van der Waals surface area contributed by atoms with Gasteiger partial charge < -0.3 is 24.4 Å². The van der Waals surface area contributed by atoms with Crippen LogP contribution in [0.15, 0.2) is 48.7 Å².